The van der Waals surface area contributed by atoms with Crippen molar-refractivity contribution < 1.29 is 13.6 Å². The first-order chi connectivity index (χ1) is 13.1. The van der Waals surface area contributed by atoms with Crippen LogP contribution in [-0.4, -0.2) is 67.6 Å². The molecule has 4 aliphatic heterocycles. The van der Waals surface area contributed by atoms with Crippen molar-refractivity contribution in [3.8, 4) is 0 Å². The zero-order chi connectivity index (χ0) is 18.5. The monoisotopic (exact) mass is 374 g/mol. The van der Waals surface area contributed by atoms with Gasteiger partial charge in [0.25, 0.3) is 0 Å². The smallest absolute Gasteiger partial charge is 0.246 e. The summed E-state index contributed by atoms with van der Waals surface area (Å²) in [5.74, 6) is -1.57. The highest BCUT2D eigenvalue weighted by molar-refractivity contribution is 5.77. The number of amides is 1. The lowest BCUT2D eigenvalue weighted by atomic mass is 9.75. The second-order valence-electron chi connectivity index (χ2n) is 7.62. The van der Waals surface area contributed by atoms with Gasteiger partial charge in [0.2, 0.25) is 5.91 Å². The molecule has 142 valence electrons. The van der Waals surface area contributed by atoms with Crippen LogP contribution in [0.4, 0.5) is 8.78 Å². The minimum absolute atomic E-state index is 0.00823. The van der Waals surface area contributed by atoms with Crippen LogP contribution < -0.4 is 0 Å². The maximum absolute atomic E-state index is 14.6. The van der Waals surface area contributed by atoms with Gasteiger partial charge in [-0.1, -0.05) is 12.1 Å². The van der Waals surface area contributed by atoms with E-state index in [1.807, 2.05) is 4.90 Å². The molecule has 27 heavy (non-hydrogen) atoms. The van der Waals surface area contributed by atoms with E-state index in [9.17, 15) is 13.6 Å². The number of benzene rings is 1. The largest absolute Gasteiger partial charge is 0.335 e. The quantitative estimate of drug-likeness (QED) is 0.803. The second-order valence-corrected chi connectivity index (χ2v) is 7.62. The molecule has 0 spiro atoms. The third kappa shape index (κ3) is 2.63. The first-order valence-corrected chi connectivity index (χ1v) is 9.31. The minimum atomic E-state index is -0.836. The van der Waals surface area contributed by atoms with Gasteiger partial charge in [0.1, 0.15) is 6.54 Å². The fourth-order valence-electron chi connectivity index (χ4n) is 5.26. The van der Waals surface area contributed by atoms with Crippen molar-refractivity contribution in [3.05, 3.63) is 41.7 Å². The van der Waals surface area contributed by atoms with Crippen molar-refractivity contribution in [2.45, 2.75) is 37.4 Å². The number of tetrazole rings is 1. The second kappa shape index (κ2) is 6.33. The van der Waals surface area contributed by atoms with Crippen molar-refractivity contribution in [1.29, 1.82) is 0 Å². The number of hydrogen-bond acceptors (Lipinski definition) is 5. The third-order valence-electron chi connectivity index (χ3n) is 6.36. The molecule has 1 aromatic carbocycles. The van der Waals surface area contributed by atoms with Gasteiger partial charge in [-0.05, 0) is 48.7 Å². The van der Waals surface area contributed by atoms with Gasteiger partial charge in [-0.25, -0.2) is 8.78 Å². The molecule has 0 unspecified atom stereocenters. The zero-order valence-corrected chi connectivity index (χ0v) is 14.7. The van der Waals surface area contributed by atoms with Crippen molar-refractivity contribution >= 4 is 5.91 Å². The number of nitrogens with zero attached hydrogens (tertiary/aromatic N) is 6. The normalized spacial score (nSPS) is 31.9. The van der Waals surface area contributed by atoms with E-state index in [2.05, 4.69) is 20.3 Å². The number of fused-ring (bicyclic) bond motifs is 2. The fraction of sp³-hybridized carbons (Fsp3) is 0.556. The van der Waals surface area contributed by atoms with Crippen LogP contribution in [0.3, 0.4) is 0 Å². The molecular formula is C18H20F2N6O. The predicted molar refractivity (Wildman–Crippen MR) is 90.5 cm³/mol. The van der Waals surface area contributed by atoms with Crippen molar-refractivity contribution in [2.24, 2.45) is 5.92 Å². The van der Waals surface area contributed by atoms with E-state index in [-0.39, 0.29) is 30.5 Å². The van der Waals surface area contributed by atoms with E-state index in [0.717, 1.165) is 32.0 Å². The van der Waals surface area contributed by atoms with Crippen molar-refractivity contribution in [2.75, 3.05) is 19.6 Å². The number of likely N-dealkylation sites (tertiary alicyclic amines) is 1. The van der Waals surface area contributed by atoms with Gasteiger partial charge < -0.3 is 4.90 Å². The Hall–Kier alpha value is -2.42. The molecule has 7 nitrogen and oxygen atoms in total. The first-order valence-electron chi connectivity index (χ1n) is 9.31. The summed E-state index contributed by atoms with van der Waals surface area (Å²) >= 11 is 0. The molecule has 4 saturated heterocycles. The van der Waals surface area contributed by atoms with Gasteiger partial charge in [-0.2, -0.15) is 4.80 Å². The van der Waals surface area contributed by atoms with Gasteiger partial charge >= 0.3 is 0 Å². The number of carbonyl (C=O) groups excluding carboxylic acids is 1. The van der Waals surface area contributed by atoms with E-state index in [4.69, 9.17) is 0 Å². The molecule has 4 fully saturated rings. The third-order valence-corrected chi connectivity index (χ3v) is 6.36. The number of rotatable bonds is 3. The lowest BCUT2D eigenvalue weighted by Crippen LogP contribution is -2.61. The molecule has 1 amide bonds. The van der Waals surface area contributed by atoms with Crippen LogP contribution in [0.5, 0.6) is 0 Å². The Morgan fingerprint density at radius 1 is 1.19 bits per heavy atom. The molecule has 0 radical (unpaired) electrons. The standard InChI is InChI=1S/C18H20F2N6O/c19-14-3-1-2-12(16(14)20)13-8-25(15(27)9-26-22-10-21-23-26)17-11-4-6-24(7-5-11)18(13)17/h1-3,10-11,13,17-18H,4-9H2/t13-,17+,18+/m1/s1. The summed E-state index contributed by atoms with van der Waals surface area (Å²) in [7, 11) is 0. The van der Waals surface area contributed by atoms with E-state index in [1.54, 1.807) is 12.1 Å². The maximum Gasteiger partial charge on any atom is 0.246 e. The maximum atomic E-state index is 14.6. The van der Waals surface area contributed by atoms with E-state index < -0.39 is 11.6 Å². The Morgan fingerprint density at radius 2 is 2.00 bits per heavy atom. The topological polar surface area (TPSA) is 67.2 Å². The molecule has 4 aliphatic rings. The van der Waals surface area contributed by atoms with E-state index in [1.165, 1.54) is 11.1 Å². The highest BCUT2D eigenvalue weighted by Gasteiger charge is 2.55. The average Bonchev–Trinajstić information content (AvgIpc) is 3.34. The lowest BCUT2D eigenvalue weighted by molar-refractivity contribution is -0.137. The highest BCUT2D eigenvalue weighted by atomic mass is 19.2. The molecular weight excluding hydrogens is 354 g/mol. The number of aromatic nitrogens is 4. The molecule has 2 bridgehead atoms. The summed E-state index contributed by atoms with van der Waals surface area (Å²) in [6.45, 7) is 2.29. The van der Waals surface area contributed by atoms with E-state index in [0.29, 0.717) is 18.0 Å². The summed E-state index contributed by atoms with van der Waals surface area (Å²) in [5, 5.41) is 11.3. The van der Waals surface area contributed by atoms with Gasteiger partial charge in [0.05, 0.1) is 6.04 Å². The van der Waals surface area contributed by atoms with Crippen LogP contribution >= 0.6 is 0 Å². The molecule has 9 heteroatoms. The Labute approximate surface area is 154 Å². The summed E-state index contributed by atoms with van der Waals surface area (Å²) in [6, 6.07) is 4.38. The predicted octanol–water partition coefficient (Wildman–Crippen LogP) is 1.04. The summed E-state index contributed by atoms with van der Waals surface area (Å²) < 4.78 is 28.4. The minimum Gasteiger partial charge on any atom is -0.335 e. The van der Waals surface area contributed by atoms with Crippen LogP contribution in [0.25, 0.3) is 0 Å². The van der Waals surface area contributed by atoms with Crippen molar-refractivity contribution in [1.82, 2.24) is 30.0 Å². The van der Waals surface area contributed by atoms with Crippen LogP contribution in [0, 0.1) is 17.6 Å². The lowest BCUT2D eigenvalue weighted by Gasteiger charge is -2.51. The van der Waals surface area contributed by atoms with Crippen LogP contribution in [0.15, 0.2) is 24.5 Å². The molecule has 6 rings (SSSR count). The summed E-state index contributed by atoms with van der Waals surface area (Å²) in [6.07, 6.45) is 3.36. The number of carbonyl (C=O) groups is 1. The number of halogens is 2. The number of piperidine rings is 3. The van der Waals surface area contributed by atoms with Crippen LogP contribution in [0.1, 0.15) is 24.3 Å². The van der Waals surface area contributed by atoms with Gasteiger partial charge in [0.15, 0.2) is 18.0 Å². The Balaban J connectivity index is 1.50. The molecule has 0 N–H and O–H groups in total. The first kappa shape index (κ1) is 16.7. The van der Waals surface area contributed by atoms with Gasteiger partial charge in [0, 0.05) is 18.5 Å². The Bertz CT molecular complexity index is 852. The van der Waals surface area contributed by atoms with Crippen LogP contribution in [-0.2, 0) is 11.3 Å². The highest BCUT2D eigenvalue weighted by Crippen LogP contribution is 2.47. The molecule has 5 heterocycles. The van der Waals surface area contributed by atoms with Crippen molar-refractivity contribution in [3.63, 3.8) is 0 Å². The molecule has 2 aromatic rings. The zero-order valence-electron chi connectivity index (χ0n) is 14.7. The fourth-order valence-corrected chi connectivity index (χ4v) is 5.26. The van der Waals surface area contributed by atoms with Crippen LogP contribution in [0.2, 0.25) is 0 Å². The molecule has 1 aromatic heterocycles. The molecule has 3 atom stereocenters. The SMILES string of the molecule is O=C(Cn1ncnn1)N1C[C@H](c2cccc(F)c2F)[C@H]2[C@@H]1C1CCN2CC1. The van der Waals surface area contributed by atoms with Gasteiger partial charge in [-0.3, -0.25) is 9.69 Å². The summed E-state index contributed by atoms with van der Waals surface area (Å²) in [5.41, 5.74) is 0.367. The average molecular weight is 374 g/mol. The number of hydrogen-bond donors (Lipinski definition) is 0. The van der Waals surface area contributed by atoms with Gasteiger partial charge in [-0.15, -0.1) is 10.2 Å². The molecule has 0 aliphatic carbocycles. The summed E-state index contributed by atoms with van der Waals surface area (Å²) in [4.78, 5) is 18.4. The van der Waals surface area contributed by atoms with E-state index >= 15 is 0 Å². The molecule has 0 saturated carbocycles. The Kier molecular flexibility index (Phi) is 3.92. The Morgan fingerprint density at radius 3 is 2.74 bits per heavy atom.